The predicted molar refractivity (Wildman–Crippen MR) is 81.9 cm³/mol. The van der Waals surface area contributed by atoms with Crippen molar-refractivity contribution in [2.45, 2.75) is 19.4 Å². The number of carbonyl (C=O) groups is 2. The van der Waals surface area contributed by atoms with E-state index in [0.29, 0.717) is 6.54 Å². The van der Waals surface area contributed by atoms with E-state index in [-0.39, 0.29) is 6.61 Å². The molecule has 0 saturated heterocycles. The summed E-state index contributed by atoms with van der Waals surface area (Å²) in [5.41, 5.74) is 6.60. The van der Waals surface area contributed by atoms with E-state index in [9.17, 15) is 9.59 Å². The zero-order chi connectivity index (χ0) is 15.7. The van der Waals surface area contributed by atoms with Crippen molar-refractivity contribution in [3.63, 3.8) is 0 Å². The van der Waals surface area contributed by atoms with Crippen LogP contribution < -0.4 is 16.0 Å². The molecule has 0 saturated carbocycles. The van der Waals surface area contributed by atoms with Gasteiger partial charge in [-0.15, -0.1) is 0 Å². The number of nitrogens with zero attached hydrogens (tertiary/aromatic N) is 1. The molecule has 1 amide bonds. The third-order valence-corrected chi connectivity index (χ3v) is 2.99. The Bertz CT molecular complexity index is 451. The number of carbonyl (C=O) groups excluding carboxylic acids is 2. The van der Waals surface area contributed by atoms with Gasteiger partial charge in [0, 0.05) is 25.8 Å². The Morgan fingerprint density at radius 1 is 1.33 bits per heavy atom. The van der Waals surface area contributed by atoms with Crippen LogP contribution in [-0.4, -0.2) is 44.7 Å². The zero-order valence-electron chi connectivity index (χ0n) is 12.5. The highest BCUT2D eigenvalue weighted by atomic mass is 16.5. The monoisotopic (exact) mass is 293 g/mol. The van der Waals surface area contributed by atoms with Crippen LogP contribution >= 0.6 is 0 Å². The van der Waals surface area contributed by atoms with Crippen molar-refractivity contribution in [3.05, 3.63) is 30.3 Å². The lowest BCUT2D eigenvalue weighted by atomic mass is 10.2. The van der Waals surface area contributed by atoms with Crippen LogP contribution in [-0.2, 0) is 14.3 Å². The maximum Gasteiger partial charge on any atom is 0.332 e. The Kier molecular flexibility index (Phi) is 7.25. The molecule has 1 unspecified atom stereocenters. The van der Waals surface area contributed by atoms with Crippen molar-refractivity contribution in [3.8, 4) is 0 Å². The average molecular weight is 293 g/mol. The van der Waals surface area contributed by atoms with Crippen molar-refractivity contribution >= 4 is 17.6 Å². The van der Waals surface area contributed by atoms with E-state index >= 15 is 0 Å². The van der Waals surface area contributed by atoms with Crippen LogP contribution in [0.5, 0.6) is 0 Å². The molecule has 0 aromatic heterocycles. The maximum atomic E-state index is 11.6. The summed E-state index contributed by atoms with van der Waals surface area (Å²) in [6.07, 6.45) is 0.757. The van der Waals surface area contributed by atoms with Gasteiger partial charge >= 0.3 is 5.97 Å². The predicted octanol–water partition coefficient (Wildman–Crippen LogP) is 0.520. The number of para-hydroxylation sites is 1. The van der Waals surface area contributed by atoms with Crippen LogP contribution in [0.3, 0.4) is 0 Å². The number of hydrogen-bond donors (Lipinski definition) is 2. The third-order valence-electron chi connectivity index (χ3n) is 2.99. The maximum absolute atomic E-state index is 11.6. The Morgan fingerprint density at radius 3 is 2.62 bits per heavy atom. The largest absolute Gasteiger partial charge is 0.464 e. The number of hydrogen-bond acceptors (Lipinski definition) is 5. The summed E-state index contributed by atoms with van der Waals surface area (Å²) >= 11 is 0. The van der Waals surface area contributed by atoms with E-state index in [2.05, 4.69) is 10.2 Å². The van der Waals surface area contributed by atoms with E-state index in [1.54, 1.807) is 6.92 Å². The minimum absolute atomic E-state index is 0.210. The van der Waals surface area contributed by atoms with Crippen molar-refractivity contribution in [1.29, 1.82) is 0 Å². The topological polar surface area (TPSA) is 84.7 Å². The summed E-state index contributed by atoms with van der Waals surface area (Å²) in [4.78, 5) is 25.0. The molecule has 0 radical (unpaired) electrons. The Labute approximate surface area is 125 Å². The fraction of sp³-hybridized carbons (Fsp3) is 0.467. The fourth-order valence-corrected chi connectivity index (χ4v) is 1.79. The molecule has 0 bridgehead atoms. The summed E-state index contributed by atoms with van der Waals surface area (Å²) in [7, 11) is 1.99. The molecule has 0 aliphatic rings. The van der Waals surface area contributed by atoms with Gasteiger partial charge in [-0.3, -0.25) is 4.79 Å². The van der Waals surface area contributed by atoms with Gasteiger partial charge in [-0.05, 0) is 25.5 Å². The highest BCUT2D eigenvalue weighted by Crippen LogP contribution is 2.10. The number of nitrogens with one attached hydrogen (secondary N) is 1. The molecular weight excluding hydrogens is 270 g/mol. The van der Waals surface area contributed by atoms with E-state index in [0.717, 1.165) is 18.7 Å². The molecular formula is C15H23N3O3. The number of ether oxygens (including phenoxy) is 1. The number of amides is 1. The van der Waals surface area contributed by atoms with Gasteiger partial charge in [-0.1, -0.05) is 18.2 Å². The molecule has 0 fully saturated rings. The normalized spacial score (nSPS) is 11.6. The highest BCUT2D eigenvalue weighted by molar-refractivity contribution is 6.01. The zero-order valence-corrected chi connectivity index (χ0v) is 12.5. The second-order valence-corrected chi connectivity index (χ2v) is 4.63. The minimum Gasteiger partial charge on any atom is -0.464 e. The van der Waals surface area contributed by atoms with Crippen molar-refractivity contribution < 1.29 is 14.3 Å². The van der Waals surface area contributed by atoms with E-state index in [1.165, 1.54) is 0 Å². The smallest absolute Gasteiger partial charge is 0.332 e. The number of benzene rings is 1. The third kappa shape index (κ3) is 5.83. The molecule has 6 heteroatoms. The molecule has 1 aromatic carbocycles. The first kappa shape index (κ1) is 17.0. The summed E-state index contributed by atoms with van der Waals surface area (Å²) in [6, 6.07) is 8.72. The van der Waals surface area contributed by atoms with Gasteiger partial charge in [0.1, 0.15) is 0 Å². The average Bonchev–Trinajstić information content (AvgIpc) is 2.51. The molecule has 116 valence electrons. The molecule has 1 rings (SSSR count). The molecule has 0 heterocycles. The van der Waals surface area contributed by atoms with Crippen LogP contribution in [0.4, 0.5) is 5.69 Å². The second-order valence-electron chi connectivity index (χ2n) is 4.63. The number of anilines is 1. The van der Waals surface area contributed by atoms with E-state index in [4.69, 9.17) is 10.5 Å². The van der Waals surface area contributed by atoms with Crippen LogP contribution in [0.1, 0.15) is 13.3 Å². The lowest BCUT2D eigenvalue weighted by Gasteiger charge is -2.19. The molecule has 6 nitrogen and oxygen atoms in total. The number of nitrogens with two attached hydrogens (primary N) is 1. The Morgan fingerprint density at radius 2 is 2.00 bits per heavy atom. The molecule has 0 aliphatic heterocycles. The van der Waals surface area contributed by atoms with Crippen LogP contribution in [0.2, 0.25) is 0 Å². The molecule has 1 aromatic rings. The first-order chi connectivity index (χ1) is 10.1. The first-order valence-electron chi connectivity index (χ1n) is 7.02. The van der Waals surface area contributed by atoms with E-state index < -0.39 is 17.9 Å². The van der Waals surface area contributed by atoms with Gasteiger partial charge < -0.3 is 20.7 Å². The van der Waals surface area contributed by atoms with Gasteiger partial charge in [0.15, 0.2) is 6.04 Å². The van der Waals surface area contributed by atoms with Crippen molar-refractivity contribution in [2.75, 3.05) is 31.6 Å². The van der Waals surface area contributed by atoms with Crippen LogP contribution in [0.15, 0.2) is 30.3 Å². The summed E-state index contributed by atoms with van der Waals surface area (Å²) in [6.45, 7) is 3.13. The van der Waals surface area contributed by atoms with Gasteiger partial charge in [0.25, 0.3) is 0 Å². The standard InChI is InChI=1S/C15H23N3O3/c1-3-21-15(20)13(16)14(19)17-10-7-11-18(2)12-8-5-4-6-9-12/h4-6,8-9,13H,3,7,10-11,16H2,1-2H3,(H,17,19). The number of rotatable bonds is 8. The molecule has 1 atom stereocenters. The first-order valence-corrected chi connectivity index (χ1v) is 7.02. The Balaban J connectivity index is 2.24. The number of esters is 1. The van der Waals surface area contributed by atoms with Crippen molar-refractivity contribution in [2.24, 2.45) is 5.73 Å². The molecule has 0 aliphatic carbocycles. The summed E-state index contributed by atoms with van der Waals surface area (Å²) in [5.74, 6) is -1.20. The minimum atomic E-state index is -1.25. The molecule has 0 spiro atoms. The fourth-order valence-electron chi connectivity index (χ4n) is 1.79. The second kappa shape index (κ2) is 8.97. The van der Waals surface area contributed by atoms with Gasteiger partial charge in [-0.2, -0.15) is 0 Å². The summed E-state index contributed by atoms with van der Waals surface area (Å²) in [5, 5.41) is 2.64. The lowest BCUT2D eigenvalue weighted by Crippen LogP contribution is -2.47. The quantitative estimate of drug-likeness (QED) is 0.415. The lowest BCUT2D eigenvalue weighted by molar-refractivity contribution is -0.147. The highest BCUT2D eigenvalue weighted by Gasteiger charge is 2.22. The molecule has 3 N–H and O–H groups in total. The van der Waals surface area contributed by atoms with Crippen molar-refractivity contribution in [1.82, 2.24) is 5.32 Å². The van der Waals surface area contributed by atoms with Gasteiger partial charge in [0.2, 0.25) is 5.91 Å². The summed E-state index contributed by atoms with van der Waals surface area (Å²) < 4.78 is 4.69. The SMILES string of the molecule is CCOC(=O)C(N)C(=O)NCCCN(C)c1ccccc1. The molecule has 21 heavy (non-hydrogen) atoms. The van der Waals surface area contributed by atoms with Gasteiger partial charge in [-0.25, -0.2) is 4.79 Å². The Hall–Kier alpha value is -2.08. The van der Waals surface area contributed by atoms with E-state index in [1.807, 2.05) is 37.4 Å². The van der Waals surface area contributed by atoms with Gasteiger partial charge in [0.05, 0.1) is 6.61 Å². The van der Waals surface area contributed by atoms with Crippen LogP contribution in [0, 0.1) is 0 Å². The van der Waals surface area contributed by atoms with Crippen LogP contribution in [0.25, 0.3) is 0 Å².